The maximum Gasteiger partial charge on any atom is 0.236 e. The van der Waals surface area contributed by atoms with Crippen LogP contribution >= 0.6 is 0 Å². The van der Waals surface area contributed by atoms with Gasteiger partial charge >= 0.3 is 0 Å². The summed E-state index contributed by atoms with van der Waals surface area (Å²) in [4.78, 5) is 14.2. The molecular weight excluding hydrogens is 226 g/mol. The van der Waals surface area contributed by atoms with Crippen molar-refractivity contribution in [3.05, 3.63) is 0 Å². The van der Waals surface area contributed by atoms with Gasteiger partial charge in [-0.1, -0.05) is 19.8 Å². The average Bonchev–Trinajstić information content (AvgIpc) is 2.77. The summed E-state index contributed by atoms with van der Waals surface area (Å²) in [6.45, 7) is 7.03. The summed E-state index contributed by atoms with van der Waals surface area (Å²) in [6.07, 6.45) is 5.99. The van der Waals surface area contributed by atoms with Crippen molar-refractivity contribution in [1.29, 1.82) is 0 Å². The van der Waals surface area contributed by atoms with Gasteiger partial charge in [-0.3, -0.25) is 4.79 Å². The first-order chi connectivity index (χ1) is 8.65. The van der Waals surface area contributed by atoms with Gasteiger partial charge in [-0.25, -0.2) is 0 Å². The van der Waals surface area contributed by atoms with Gasteiger partial charge in [-0.15, -0.1) is 0 Å². The SMILES string of the molecule is CCCCCNC(=O)C(C)NCC1CCCN1C. The molecule has 0 spiro atoms. The molecule has 1 aliphatic rings. The molecule has 0 aliphatic carbocycles. The highest BCUT2D eigenvalue weighted by atomic mass is 16.2. The van der Waals surface area contributed by atoms with Crippen molar-refractivity contribution in [3.63, 3.8) is 0 Å². The number of likely N-dealkylation sites (N-methyl/N-ethyl adjacent to an activating group) is 1. The number of carbonyl (C=O) groups excluding carboxylic acids is 1. The molecule has 0 aromatic heterocycles. The summed E-state index contributed by atoms with van der Waals surface area (Å²) in [6, 6.07) is 0.515. The van der Waals surface area contributed by atoms with Crippen LogP contribution in [0.3, 0.4) is 0 Å². The van der Waals surface area contributed by atoms with E-state index < -0.39 is 0 Å². The van der Waals surface area contributed by atoms with E-state index in [9.17, 15) is 4.79 Å². The van der Waals surface area contributed by atoms with Crippen molar-refractivity contribution in [2.45, 2.75) is 58.0 Å². The van der Waals surface area contributed by atoms with E-state index in [1.807, 2.05) is 6.92 Å². The largest absolute Gasteiger partial charge is 0.355 e. The standard InChI is InChI=1S/C14H29N3O/c1-4-5-6-9-15-14(18)12(2)16-11-13-8-7-10-17(13)3/h12-13,16H,4-11H2,1-3H3,(H,15,18). The van der Waals surface area contributed by atoms with Gasteiger partial charge in [0.2, 0.25) is 5.91 Å². The fourth-order valence-electron chi connectivity index (χ4n) is 2.38. The summed E-state index contributed by atoms with van der Waals surface area (Å²) >= 11 is 0. The minimum atomic E-state index is -0.0828. The van der Waals surface area contributed by atoms with E-state index >= 15 is 0 Å². The van der Waals surface area contributed by atoms with E-state index in [4.69, 9.17) is 0 Å². The van der Waals surface area contributed by atoms with Crippen molar-refractivity contribution in [3.8, 4) is 0 Å². The summed E-state index contributed by atoms with van der Waals surface area (Å²) < 4.78 is 0. The van der Waals surface area contributed by atoms with Crippen LogP contribution in [-0.2, 0) is 4.79 Å². The summed E-state index contributed by atoms with van der Waals surface area (Å²) in [5, 5.41) is 6.33. The van der Waals surface area contributed by atoms with Crippen molar-refractivity contribution >= 4 is 5.91 Å². The van der Waals surface area contributed by atoms with Crippen LogP contribution in [0.2, 0.25) is 0 Å². The molecule has 1 saturated heterocycles. The molecule has 1 heterocycles. The van der Waals surface area contributed by atoms with E-state index in [2.05, 4.69) is 29.5 Å². The number of hydrogen-bond donors (Lipinski definition) is 2. The topological polar surface area (TPSA) is 44.4 Å². The van der Waals surface area contributed by atoms with Crippen LogP contribution in [-0.4, -0.2) is 49.6 Å². The van der Waals surface area contributed by atoms with Crippen molar-refractivity contribution in [2.24, 2.45) is 0 Å². The van der Waals surface area contributed by atoms with Gasteiger partial charge < -0.3 is 15.5 Å². The third-order valence-electron chi connectivity index (χ3n) is 3.80. The maximum atomic E-state index is 11.8. The first-order valence-electron chi connectivity index (χ1n) is 7.36. The molecule has 1 amide bonds. The van der Waals surface area contributed by atoms with Gasteiger partial charge in [0, 0.05) is 19.1 Å². The molecule has 1 aliphatic heterocycles. The molecular formula is C14H29N3O. The molecule has 4 heteroatoms. The lowest BCUT2D eigenvalue weighted by molar-refractivity contribution is -0.122. The van der Waals surface area contributed by atoms with Crippen LogP contribution in [0.15, 0.2) is 0 Å². The third kappa shape index (κ3) is 5.36. The monoisotopic (exact) mass is 255 g/mol. The lowest BCUT2D eigenvalue weighted by Crippen LogP contribution is -2.46. The van der Waals surface area contributed by atoms with Gasteiger partial charge in [0.1, 0.15) is 0 Å². The molecule has 0 aromatic rings. The zero-order valence-electron chi connectivity index (χ0n) is 12.2. The van der Waals surface area contributed by atoms with Crippen LogP contribution in [0.25, 0.3) is 0 Å². The molecule has 2 unspecified atom stereocenters. The van der Waals surface area contributed by atoms with Gasteiger partial charge in [-0.05, 0) is 39.8 Å². The van der Waals surface area contributed by atoms with Crippen molar-refractivity contribution in [2.75, 3.05) is 26.7 Å². The van der Waals surface area contributed by atoms with Crippen LogP contribution in [0.5, 0.6) is 0 Å². The Labute approximate surface area is 111 Å². The van der Waals surface area contributed by atoms with Crippen LogP contribution in [0, 0.1) is 0 Å². The molecule has 0 radical (unpaired) electrons. The predicted molar refractivity (Wildman–Crippen MR) is 75.7 cm³/mol. The van der Waals surface area contributed by atoms with E-state index in [1.54, 1.807) is 0 Å². The number of unbranched alkanes of at least 4 members (excludes halogenated alkanes) is 2. The Balaban J connectivity index is 2.11. The number of carbonyl (C=O) groups is 1. The fraction of sp³-hybridized carbons (Fsp3) is 0.929. The highest BCUT2D eigenvalue weighted by molar-refractivity contribution is 5.81. The maximum absolute atomic E-state index is 11.8. The zero-order valence-corrected chi connectivity index (χ0v) is 12.2. The lowest BCUT2D eigenvalue weighted by atomic mass is 10.2. The Morgan fingerprint density at radius 3 is 2.83 bits per heavy atom. The van der Waals surface area contributed by atoms with Crippen LogP contribution in [0.1, 0.15) is 46.0 Å². The number of rotatable bonds is 8. The van der Waals surface area contributed by atoms with E-state index in [0.717, 1.165) is 19.5 Å². The molecule has 0 bridgehead atoms. The average molecular weight is 255 g/mol. The summed E-state index contributed by atoms with van der Waals surface area (Å²) in [5.41, 5.74) is 0. The molecule has 106 valence electrons. The zero-order chi connectivity index (χ0) is 13.4. The molecule has 4 nitrogen and oxygen atoms in total. The molecule has 2 atom stereocenters. The van der Waals surface area contributed by atoms with Gasteiger partial charge in [0.05, 0.1) is 6.04 Å². The number of amides is 1. The van der Waals surface area contributed by atoms with Gasteiger partial charge in [0.15, 0.2) is 0 Å². The van der Waals surface area contributed by atoms with E-state index in [-0.39, 0.29) is 11.9 Å². The van der Waals surface area contributed by atoms with Crippen molar-refractivity contribution in [1.82, 2.24) is 15.5 Å². The quantitative estimate of drug-likeness (QED) is 0.644. The molecule has 2 N–H and O–H groups in total. The lowest BCUT2D eigenvalue weighted by Gasteiger charge is -2.22. The van der Waals surface area contributed by atoms with E-state index in [0.29, 0.717) is 6.04 Å². The molecule has 1 rings (SSSR count). The smallest absolute Gasteiger partial charge is 0.236 e. The number of hydrogen-bond acceptors (Lipinski definition) is 3. The van der Waals surface area contributed by atoms with Gasteiger partial charge in [0.25, 0.3) is 0 Å². The Morgan fingerprint density at radius 1 is 1.44 bits per heavy atom. The van der Waals surface area contributed by atoms with E-state index in [1.165, 1.54) is 32.2 Å². The second-order valence-corrected chi connectivity index (χ2v) is 5.40. The summed E-state index contributed by atoms with van der Waals surface area (Å²) in [5.74, 6) is 0.131. The highest BCUT2D eigenvalue weighted by Crippen LogP contribution is 2.13. The first-order valence-corrected chi connectivity index (χ1v) is 7.36. The van der Waals surface area contributed by atoms with Crippen LogP contribution in [0.4, 0.5) is 0 Å². The first kappa shape index (κ1) is 15.4. The molecule has 0 aromatic carbocycles. The minimum Gasteiger partial charge on any atom is -0.355 e. The number of likely N-dealkylation sites (tertiary alicyclic amines) is 1. The fourth-order valence-corrected chi connectivity index (χ4v) is 2.38. The number of nitrogens with one attached hydrogen (secondary N) is 2. The predicted octanol–water partition coefficient (Wildman–Crippen LogP) is 1.37. The Hall–Kier alpha value is -0.610. The van der Waals surface area contributed by atoms with Crippen molar-refractivity contribution < 1.29 is 4.79 Å². The molecule has 1 fully saturated rings. The minimum absolute atomic E-state index is 0.0828. The van der Waals surface area contributed by atoms with Gasteiger partial charge in [-0.2, -0.15) is 0 Å². The Bertz CT molecular complexity index is 245. The molecule has 18 heavy (non-hydrogen) atoms. The number of nitrogens with zero attached hydrogens (tertiary/aromatic N) is 1. The molecule has 0 saturated carbocycles. The Morgan fingerprint density at radius 2 is 2.22 bits per heavy atom. The second kappa shape index (κ2) is 8.48. The Kier molecular flexibility index (Phi) is 7.28. The summed E-state index contributed by atoms with van der Waals surface area (Å²) in [7, 11) is 2.16. The normalized spacial score (nSPS) is 22.1. The third-order valence-corrected chi connectivity index (χ3v) is 3.80. The van der Waals surface area contributed by atoms with Crippen LogP contribution < -0.4 is 10.6 Å². The second-order valence-electron chi connectivity index (χ2n) is 5.40. The highest BCUT2D eigenvalue weighted by Gasteiger charge is 2.22.